The van der Waals surface area contributed by atoms with Gasteiger partial charge in [-0.2, -0.15) is 0 Å². The second-order valence-electron chi connectivity index (χ2n) is 12.4. The molecule has 6 rings (SSSR count). The highest BCUT2D eigenvalue weighted by atomic mass is 19.1. The molecule has 1 N–H and O–H groups in total. The lowest BCUT2D eigenvalue weighted by atomic mass is 9.94. The van der Waals surface area contributed by atoms with Crippen LogP contribution in [-0.4, -0.2) is 88.5 Å². The third-order valence-corrected chi connectivity index (χ3v) is 9.61. The highest BCUT2D eigenvalue weighted by molar-refractivity contribution is 6.01. The molecule has 2 aromatic rings. The molecule has 1 aromatic heterocycles. The molecule has 42 heavy (non-hydrogen) atoms. The lowest BCUT2D eigenvalue weighted by Crippen LogP contribution is -2.50. The number of rotatable bonds is 6. The van der Waals surface area contributed by atoms with Gasteiger partial charge in [0.25, 0.3) is 5.91 Å². The first-order valence-corrected chi connectivity index (χ1v) is 15.4. The predicted molar refractivity (Wildman–Crippen MR) is 161 cm³/mol. The van der Waals surface area contributed by atoms with Crippen LogP contribution in [0.25, 0.3) is 0 Å². The molecule has 9 nitrogen and oxygen atoms in total. The van der Waals surface area contributed by atoms with E-state index in [-0.39, 0.29) is 35.9 Å². The van der Waals surface area contributed by atoms with Gasteiger partial charge in [0.15, 0.2) is 5.82 Å². The Labute approximate surface area is 247 Å². The van der Waals surface area contributed by atoms with Gasteiger partial charge in [-0.15, -0.1) is 0 Å². The summed E-state index contributed by atoms with van der Waals surface area (Å²) in [7, 11) is 0. The fraction of sp³-hybridized carbons (Fsp3) is 0.562. The molecule has 1 unspecified atom stereocenters. The van der Waals surface area contributed by atoms with Gasteiger partial charge in [0.05, 0.1) is 23.5 Å². The minimum Gasteiger partial charge on any atom is -0.350 e. The quantitative estimate of drug-likeness (QED) is 0.519. The second-order valence-corrected chi connectivity index (χ2v) is 12.4. The maximum absolute atomic E-state index is 14.5. The molecule has 1 saturated carbocycles. The summed E-state index contributed by atoms with van der Waals surface area (Å²) in [6, 6.07) is 4.93. The van der Waals surface area contributed by atoms with E-state index < -0.39 is 5.82 Å². The van der Waals surface area contributed by atoms with Crippen molar-refractivity contribution in [2.45, 2.75) is 77.0 Å². The van der Waals surface area contributed by atoms with E-state index in [0.717, 1.165) is 50.2 Å². The number of carbonyl (C=O) groups excluding carboxylic acids is 2. The number of hydrogen-bond acceptors (Lipinski definition) is 7. The maximum Gasteiger partial charge on any atom is 0.256 e. The minimum absolute atomic E-state index is 0.00816. The number of nitrogens with one attached hydrogen (secondary N) is 1. The van der Waals surface area contributed by atoms with Gasteiger partial charge in [0, 0.05) is 56.8 Å². The number of piperidine rings is 1. The summed E-state index contributed by atoms with van der Waals surface area (Å²) in [5.74, 6) is 0.669. The number of halogens is 1. The Morgan fingerprint density at radius 3 is 2.74 bits per heavy atom. The normalized spacial score (nSPS) is 25.5. The molecule has 4 atom stereocenters. The first-order chi connectivity index (χ1) is 20.3. The van der Waals surface area contributed by atoms with Gasteiger partial charge in [0.2, 0.25) is 5.91 Å². The number of nitrogens with zero attached hydrogens (tertiary/aromatic N) is 6. The summed E-state index contributed by atoms with van der Waals surface area (Å²) in [4.78, 5) is 44.3. The largest absolute Gasteiger partial charge is 0.350 e. The van der Waals surface area contributed by atoms with Crippen LogP contribution in [0.3, 0.4) is 0 Å². The zero-order chi connectivity index (χ0) is 29.5. The first-order valence-electron chi connectivity index (χ1n) is 15.4. The molecular weight excluding hydrogens is 533 g/mol. The topological polar surface area (TPSA) is 84.9 Å². The molecule has 0 spiro atoms. The molecule has 4 heterocycles. The molecule has 224 valence electrons. The Hall–Kier alpha value is -3.53. The van der Waals surface area contributed by atoms with Crippen molar-refractivity contribution in [3.05, 3.63) is 54.3 Å². The number of likely N-dealkylation sites (tertiary alicyclic amines) is 1. The van der Waals surface area contributed by atoms with Crippen molar-refractivity contribution < 1.29 is 14.0 Å². The molecule has 10 heteroatoms. The van der Waals surface area contributed by atoms with Crippen LogP contribution in [0.1, 0.15) is 63.2 Å². The predicted octanol–water partition coefficient (Wildman–Crippen LogP) is 4.13. The van der Waals surface area contributed by atoms with Gasteiger partial charge < -0.3 is 24.9 Å². The lowest BCUT2D eigenvalue weighted by Gasteiger charge is -2.42. The molecular formula is C32H42FN7O2. The number of hydrogen-bond donors (Lipinski definition) is 1. The van der Waals surface area contributed by atoms with Crippen molar-refractivity contribution in [1.82, 2.24) is 25.1 Å². The Morgan fingerprint density at radius 1 is 1.17 bits per heavy atom. The van der Waals surface area contributed by atoms with Gasteiger partial charge in [-0.05, 0) is 71.1 Å². The minimum atomic E-state index is -0.437. The van der Waals surface area contributed by atoms with Crippen LogP contribution in [0, 0.1) is 11.7 Å². The van der Waals surface area contributed by atoms with Crippen molar-refractivity contribution in [1.29, 1.82) is 0 Å². The highest BCUT2D eigenvalue weighted by Crippen LogP contribution is 2.41. The number of amides is 2. The third kappa shape index (κ3) is 5.14. The van der Waals surface area contributed by atoms with Gasteiger partial charge in [0.1, 0.15) is 17.8 Å². The van der Waals surface area contributed by atoms with Gasteiger partial charge in [-0.25, -0.2) is 14.4 Å². The number of benzene rings is 1. The Balaban J connectivity index is 1.22. The Bertz CT molecular complexity index is 1370. The maximum atomic E-state index is 14.5. The molecule has 0 radical (unpaired) electrons. The standard InChI is InChI=1S/C32H42FN7O2/c1-5-38(20(2)3)31(41)26-16-22(33)8-9-27(26)40-14-13-39(30-28(40)18-34-19-35-30)24-7-6-11-37(12-10-24)32(42)29-25-17-23(36-29)15-21(25)4/h8-9,16,18-20,23-25,29,36H,4-7,10-15,17H2,1-3H3/t23-,24-,25?,29+/m1/s1. The van der Waals surface area contributed by atoms with Crippen LogP contribution < -0.4 is 15.1 Å². The molecule has 4 aliphatic rings. The number of carbonyl (C=O) groups is 2. The SMILES string of the molecule is C=C1C[C@@H]2CC1[C@@H](C(=O)N1CCC[C@@H](N3CCN(c4ccc(F)cc4C(=O)N(CC)C(C)C)c4cncnc43)CC1)N2. The summed E-state index contributed by atoms with van der Waals surface area (Å²) < 4.78 is 14.5. The van der Waals surface area contributed by atoms with Crippen LogP contribution in [0.2, 0.25) is 0 Å². The fourth-order valence-corrected chi connectivity index (χ4v) is 7.52. The smallest absolute Gasteiger partial charge is 0.256 e. The Kier molecular flexibility index (Phi) is 7.91. The zero-order valence-corrected chi connectivity index (χ0v) is 24.9. The van der Waals surface area contributed by atoms with Crippen LogP contribution in [0.15, 0.2) is 42.9 Å². The average Bonchev–Trinajstić information content (AvgIpc) is 3.47. The zero-order valence-electron chi connectivity index (χ0n) is 24.9. The van der Waals surface area contributed by atoms with E-state index in [2.05, 4.69) is 21.8 Å². The van der Waals surface area contributed by atoms with E-state index in [4.69, 9.17) is 4.98 Å². The first kappa shape index (κ1) is 28.6. The van der Waals surface area contributed by atoms with E-state index in [9.17, 15) is 14.0 Å². The van der Waals surface area contributed by atoms with Crippen molar-refractivity contribution in [2.75, 3.05) is 42.5 Å². The van der Waals surface area contributed by atoms with Crippen molar-refractivity contribution in [3.8, 4) is 0 Å². The van der Waals surface area contributed by atoms with Crippen LogP contribution >= 0.6 is 0 Å². The molecule has 1 aliphatic carbocycles. The van der Waals surface area contributed by atoms with Crippen molar-refractivity contribution in [3.63, 3.8) is 0 Å². The van der Waals surface area contributed by atoms with E-state index in [0.29, 0.717) is 43.5 Å². The lowest BCUT2D eigenvalue weighted by molar-refractivity contribution is -0.134. The summed E-state index contributed by atoms with van der Waals surface area (Å²) in [5.41, 5.74) is 3.03. The van der Waals surface area contributed by atoms with Crippen molar-refractivity contribution in [2.24, 2.45) is 5.92 Å². The monoisotopic (exact) mass is 575 g/mol. The van der Waals surface area contributed by atoms with Crippen LogP contribution in [-0.2, 0) is 4.79 Å². The number of fused-ring (bicyclic) bond motifs is 3. The van der Waals surface area contributed by atoms with Crippen LogP contribution in [0.4, 0.5) is 21.6 Å². The Morgan fingerprint density at radius 2 is 2.00 bits per heavy atom. The van der Waals surface area contributed by atoms with E-state index in [1.807, 2.05) is 30.6 Å². The summed E-state index contributed by atoms with van der Waals surface area (Å²) >= 11 is 0. The summed E-state index contributed by atoms with van der Waals surface area (Å²) in [6.45, 7) is 13.4. The molecule has 3 fully saturated rings. The van der Waals surface area contributed by atoms with E-state index in [1.165, 1.54) is 17.7 Å². The fourth-order valence-electron chi connectivity index (χ4n) is 7.52. The summed E-state index contributed by atoms with van der Waals surface area (Å²) in [6.07, 6.45) is 8.11. The van der Waals surface area contributed by atoms with Gasteiger partial charge >= 0.3 is 0 Å². The van der Waals surface area contributed by atoms with Gasteiger partial charge in [-0.3, -0.25) is 9.59 Å². The molecule has 2 bridgehead atoms. The van der Waals surface area contributed by atoms with Crippen LogP contribution in [0.5, 0.6) is 0 Å². The highest BCUT2D eigenvalue weighted by Gasteiger charge is 2.46. The van der Waals surface area contributed by atoms with Crippen molar-refractivity contribution >= 4 is 29.0 Å². The number of aromatic nitrogens is 2. The number of anilines is 3. The van der Waals surface area contributed by atoms with E-state index >= 15 is 0 Å². The molecule has 2 amide bonds. The van der Waals surface area contributed by atoms with E-state index in [1.54, 1.807) is 23.5 Å². The average molecular weight is 576 g/mol. The molecule has 3 aliphatic heterocycles. The molecule has 2 saturated heterocycles. The third-order valence-electron chi connectivity index (χ3n) is 9.61. The molecule has 1 aromatic carbocycles. The summed E-state index contributed by atoms with van der Waals surface area (Å²) in [5, 5.41) is 3.54. The second kappa shape index (κ2) is 11.6. The van der Waals surface area contributed by atoms with Gasteiger partial charge in [-0.1, -0.05) is 12.2 Å².